The smallest absolute Gasteiger partial charge is 0.371 e. The SMILES string of the molecule is COC(=O)c1ccc(OC(F)(C(=O)Cc2ccc(NC(=O)Nc3ccccc3OC)cc2)N2CCCC2)cc1. The van der Waals surface area contributed by atoms with Crippen LogP contribution in [0, 0.1) is 0 Å². The number of carbonyl (C=O) groups excluding carboxylic acids is 3. The van der Waals surface area contributed by atoms with Gasteiger partial charge in [-0.3, -0.25) is 4.79 Å². The van der Waals surface area contributed by atoms with E-state index in [1.54, 1.807) is 48.5 Å². The number of para-hydroxylation sites is 2. The maximum atomic E-state index is 16.3. The number of urea groups is 1. The summed E-state index contributed by atoms with van der Waals surface area (Å²) in [5.41, 5.74) is 1.85. The quantitative estimate of drug-likeness (QED) is 0.277. The molecule has 1 unspecified atom stereocenters. The van der Waals surface area contributed by atoms with Gasteiger partial charge in [-0.2, -0.15) is 4.39 Å². The second-order valence-corrected chi connectivity index (χ2v) is 8.95. The van der Waals surface area contributed by atoms with Gasteiger partial charge in [0, 0.05) is 25.2 Å². The molecule has 2 N–H and O–H groups in total. The van der Waals surface area contributed by atoms with Gasteiger partial charge in [-0.15, -0.1) is 0 Å². The molecule has 4 rings (SSSR count). The molecule has 3 aromatic rings. The molecule has 0 spiro atoms. The topological polar surface area (TPSA) is 106 Å². The van der Waals surface area contributed by atoms with Crippen molar-refractivity contribution in [1.82, 2.24) is 4.90 Å². The summed E-state index contributed by atoms with van der Waals surface area (Å²) in [6.07, 6.45) is 1.28. The Morgan fingerprint density at radius 2 is 1.56 bits per heavy atom. The van der Waals surface area contributed by atoms with Crippen molar-refractivity contribution in [3.05, 3.63) is 83.9 Å². The van der Waals surface area contributed by atoms with Crippen molar-refractivity contribution in [2.24, 2.45) is 0 Å². The predicted molar refractivity (Wildman–Crippen MR) is 144 cm³/mol. The monoisotopic (exact) mass is 535 g/mol. The lowest BCUT2D eigenvalue weighted by atomic mass is 10.1. The number of methoxy groups -OCH3 is 2. The van der Waals surface area contributed by atoms with Gasteiger partial charge in [0.25, 0.3) is 0 Å². The Morgan fingerprint density at radius 1 is 0.897 bits per heavy atom. The van der Waals surface area contributed by atoms with Crippen LogP contribution in [0.1, 0.15) is 28.8 Å². The normalized spacial score (nSPS) is 14.6. The highest BCUT2D eigenvalue weighted by Crippen LogP contribution is 2.30. The van der Waals surface area contributed by atoms with Gasteiger partial charge in [0.15, 0.2) is 0 Å². The van der Waals surface area contributed by atoms with Gasteiger partial charge in [-0.25, -0.2) is 14.5 Å². The number of likely N-dealkylation sites (tertiary alicyclic amines) is 1. The van der Waals surface area contributed by atoms with Crippen molar-refractivity contribution in [2.75, 3.05) is 37.9 Å². The molecule has 1 aliphatic heterocycles. The first kappa shape index (κ1) is 27.6. The van der Waals surface area contributed by atoms with Crippen molar-refractivity contribution >= 4 is 29.2 Å². The second kappa shape index (κ2) is 12.4. The number of Topliss-reactive ketones (excluding diaryl/α,β-unsaturated/α-hetero) is 1. The minimum atomic E-state index is -2.67. The first-order valence-corrected chi connectivity index (χ1v) is 12.5. The standard InChI is InChI=1S/C29H30FN3O6/c1-37-25-8-4-3-7-24(25)32-28(36)31-22-13-9-20(10-14-22)19-26(34)29(30,33-17-5-6-18-33)39-23-15-11-21(12-16-23)27(35)38-2/h3-4,7-16H,5-6,17-19H2,1-2H3,(H2,31,32,36). The Hall–Kier alpha value is -4.44. The van der Waals surface area contributed by atoms with Gasteiger partial charge >= 0.3 is 18.0 Å². The first-order valence-electron chi connectivity index (χ1n) is 12.5. The molecule has 9 nitrogen and oxygen atoms in total. The van der Waals surface area contributed by atoms with E-state index < -0.39 is 23.8 Å². The molecule has 3 aromatic carbocycles. The van der Waals surface area contributed by atoms with Gasteiger partial charge in [0.1, 0.15) is 11.5 Å². The summed E-state index contributed by atoms with van der Waals surface area (Å²) in [5, 5.41) is 5.43. The molecule has 0 bridgehead atoms. The molecular weight excluding hydrogens is 505 g/mol. The number of halogens is 1. The van der Waals surface area contributed by atoms with Gasteiger partial charge in [-0.1, -0.05) is 24.3 Å². The minimum Gasteiger partial charge on any atom is -0.495 e. The number of rotatable bonds is 10. The van der Waals surface area contributed by atoms with Gasteiger partial charge in [0.2, 0.25) is 5.78 Å². The summed E-state index contributed by atoms with van der Waals surface area (Å²) in [6.45, 7) is 0.763. The van der Waals surface area contributed by atoms with E-state index in [-0.39, 0.29) is 17.7 Å². The number of anilines is 2. The van der Waals surface area contributed by atoms with E-state index in [4.69, 9.17) is 9.47 Å². The largest absolute Gasteiger partial charge is 0.495 e. The summed E-state index contributed by atoms with van der Waals surface area (Å²) in [4.78, 5) is 38.8. The van der Waals surface area contributed by atoms with Crippen LogP contribution in [0.25, 0.3) is 0 Å². The molecule has 204 valence electrons. The molecule has 1 heterocycles. The third-order valence-corrected chi connectivity index (χ3v) is 6.32. The Balaban J connectivity index is 1.42. The summed E-state index contributed by atoms with van der Waals surface area (Å²) >= 11 is 0. The number of amides is 2. The van der Waals surface area contributed by atoms with E-state index in [0.717, 1.165) is 12.8 Å². The number of nitrogens with zero attached hydrogens (tertiary/aromatic N) is 1. The van der Waals surface area contributed by atoms with Gasteiger partial charge in [0.05, 0.1) is 25.5 Å². The molecule has 1 atom stereocenters. The molecule has 2 amide bonds. The zero-order valence-corrected chi connectivity index (χ0v) is 21.7. The molecule has 0 aliphatic carbocycles. The van der Waals surface area contributed by atoms with Crippen molar-refractivity contribution in [3.63, 3.8) is 0 Å². The van der Waals surface area contributed by atoms with Crippen molar-refractivity contribution in [3.8, 4) is 11.5 Å². The molecular formula is C29H30FN3O6. The Morgan fingerprint density at radius 3 is 2.21 bits per heavy atom. The summed E-state index contributed by atoms with van der Waals surface area (Å²) in [5.74, 6) is -3.31. The number of ketones is 1. The maximum absolute atomic E-state index is 16.3. The number of ether oxygens (including phenoxy) is 3. The van der Waals surface area contributed by atoms with Crippen molar-refractivity contribution in [2.45, 2.75) is 25.2 Å². The van der Waals surface area contributed by atoms with E-state index in [2.05, 4.69) is 15.4 Å². The molecule has 0 saturated carbocycles. The Kier molecular flexibility index (Phi) is 8.77. The van der Waals surface area contributed by atoms with Crippen LogP contribution in [0.2, 0.25) is 0 Å². The van der Waals surface area contributed by atoms with E-state index >= 15 is 4.39 Å². The number of hydrogen-bond donors (Lipinski definition) is 2. The highest BCUT2D eigenvalue weighted by Gasteiger charge is 2.48. The lowest BCUT2D eigenvalue weighted by Crippen LogP contribution is -2.55. The third kappa shape index (κ3) is 6.71. The van der Waals surface area contributed by atoms with E-state index in [1.807, 2.05) is 0 Å². The third-order valence-electron chi connectivity index (χ3n) is 6.32. The number of benzene rings is 3. The number of esters is 1. The molecule has 39 heavy (non-hydrogen) atoms. The zero-order chi connectivity index (χ0) is 27.8. The zero-order valence-electron chi connectivity index (χ0n) is 21.7. The average molecular weight is 536 g/mol. The molecule has 1 aliphatic rings. The lowest BCUT2D eigenvalue weighted by Gasteiger charge is -2.33. The molecule has 1 saturated heterocycles. The van der Waals surface area contributed by atoms with Crippen LogP contribution in [0.5, 0.6) is 11.5 Å². The number of alkyl halides is 1. The summed E-state index contributed by atoms with van der Waals surface area (Å²) in [6, 6.07) is 18.9. The Labute approximate surface area is 225 Å². The minimum absolute atomic E-state index is 0.117. The summed E-state index contributed by atoms with van der Waals surface area (Å²) < 4.78 is 31.8. The fraction of sp³-hybridized carbons (Fsp3) is 0.276. The van der Waals surface area contributed by atoms with Crippen molar-refractivity contribution < 1.29 is 33.0 Å². The predicted octanol–water partition coefficient (Wildman–Crippen LogP) is 5.04. The highest BCUT2D eigenvalue weighted by atomic mass is 19.2. The maximum Gasteiger partial charge on any atom is 0.371 e. The lowest BCUT2D eigenvalue weighted by molar-refractivity contribution is -0.191. The van der Waals surface area contributed by atoms with Crippen LogP contribution in [-0.4, -0.2) is 56.0 Å². The van der Waals surface area contributed by atoms with Crippen LogP contribution in [-0.2, 0) is 16.0 Å². The first-order chi connectivity index (χ1) is 18.8. The van der Waals surface area contributed by atoms with Crippen LogP contribution in [0.15, 0.2) is 72.8 Å². The van der Waals surface area contributed by atoms with Crippen LogP contribution >= 0.6 is 0 Å². The van der Waals surface area contributed by atoms with Crippen LogP contribution in [0.3, 0.4) is 0 Å². The molecule has 10 heteroatoms. The summed E-state index contributed by atoms with van der Waals surface area (Å²) in [7, 11) is 2.78. The van der Waals surface area contributed by atoms with Crippen molar-refractivity contribution in [1.29, 1.82) is 0 Å². The number of nitrogens with one attached hydrogen (secondary N) is 2. The fourth-order valence-corrected chi connectivity index (χ4v) is 4.27. The Bertz CT molecular complexity index is 1310. The molecule has 0 aromatic heterocycles. The van der Waals surface area contributed by atoms with E-state index in [1.165, 1.54) is 43.4 Å². The molecule has 1 fully saturated rings. The van der Waals surface area contributed by atoms with Crippen LogP contribution in [0.4, 0.5) is 20.6 Å². The highest BCUT2D eigenvalue weighted by molar-refractivity contribution is 6.00. The molecule has 0 radical (unpaired) electrons. The van der Waals surface area contributed by atoms with Gasteiger partial charge in [-0.05, 0) is 66.9 Å². The van der Waals surface area contributed by atoms with E-state index in [9.17, 15) is 14.4 Å². The number of carbonyl (C=O) groups is 3. The average Bonchev–Trinajstić information content (AvgIpc) is 3.50. The second-order valence-electron chi connectivity index (χ2n) is 8.95. The van der Waals surface area contributed by atoms with Gasteiger partial charge < -0.3 is 24.8 Å². The number of hydrogen-bond acceptors (Lipinski definition) is 7. The van der Waals surface area contributed by atoms with E-state index in [0.29, 0.717) is 35.8 Å². The fourth-order valence-electron chi connectivity index (χ4n) is 4.27. The van der Waals surface area contributed by atoms with Crippen LogP contribution < -0.4 is 20.1 Å².